The van der Waals surface area contributed by atoms with Crippen molar-refractivity contribution in [2.75, 3.05) is 0 Å². The van der Waals surface area contributed by atoms with E-state index in [1.807, 2.05) is 0 Å². The van der Waals surface area contributed by atoms with Gasteiger partial charge in [0.15, 0.2) is 0 Å². The van der Waals surface area contributed by atoms with Gasteiger partial charge in [0.25, 0.3) is 0 Å². The van der Waals surface area contributed by atoms with Crippen LogP contribution in [0.15, 0.2) is 23.2 Å². The Hall–Kier alpha value is -2.14. The summed E-state index contributed by atoms with van der Waals surface area (Å²) in [6.07, 6.45) is -1.67. The third-order valence-corrected chi connectivity index (χ3v) is 6.46. The topological polar surface area (TPSA) is 97.0 Å². The first-order valence-corrected chi connectivity index (χ1v) is 10.3. The fourth-order valence-electron chi connectivity index (χ4n) is 3.30. The van der Waals surface area contributed by atoms with Crippen LogP contribution in [0.5, 0.6) is 5.88 Å². The third-order valence-electron chi connectivity index (χ3n) is 4.68. The van der Waals surface area contributed by atoms with Crippen LogP contribution in [0.1, 0.15) is 42.6 Å². The highest BCUT2D eigenvalue weighted by Gasteiger charge is 2.32. The van der Waals surface area contributed by atoms with Gasteiger partial charge in [-0.3, -0.25) is 5.10 Å². The minimum absolute atomic E-state index is 0.127. The van der Waals surface area contributed by atoms with Crippen molar-refractivity contribution >= 4 is 10.0 Å². The van der Waals surface area contributed by atoms with Crippen molar-refractivity contribution < 1.29 is 26.3 Å². The van der Waals surface area contributed by atoms with Crippen LogP contribution in [0.25, 0.3) is 0 Å². The number of nitrogens with one attached hydrogen (secondary N) is 2. The molecule has 1 aliphatic rings. The summed E-state index contributed by atoms with van der Waals surface area (Å²) < 4.78 is 71.2. The SMILES string of the molecule is Cc1n[nH]c(C)c1S(=O)(=O)NC1CCC(Oc2ccc(C(F)(F)F)cn2)CC1. The highest BCUT2D eigenvalue weighted by Crippen LogP contribution is 2.30. The standard InChI is InChI=1S/C17H21F3N4O3S/c1-10-16(11(2)23-22-10)28(25,26)24-13-4-6-14(7-5-13)27-15-8-3-12(9-21-15)17(18,19)20/h3,8-9,13-14,24H,4-7H2,1-2H3,(H,22,23). The van der Waals surface area contributed by atoms with Crippen LogP contribution in [-0.4, -0.2) is 35.7 Å². The van der Waals surface area contributed by atoms with Crippen molar-refractivity contribution in [3.8, 4) is 5.88 Å². The van der Waals surface area contributed by atoms with E-state index < -0.39 is 21.8 Å². The molecule has 0 aliphatic heterocycles. The van der Waals surface area contributed by atoms with Crippen molar-refractivity contribution in [2.24, 2.45) is 0 Å². The van der Waals surface area contributed by atoms with Crippen LogP contribution in [0, 0.1) is 13.8 Å². The molecular formula is C17H21F3N4O3S. The number of hydrogen-bond acceptors (Lipinski definition) is 5. The van der Waals surface area contributed by atoms with Crippen LogP contribution < -0.4 is 9.46 Å². The molecule has 0 atom stereocenters. The van der Waals surface area contributed by atoms with E-state index in [2.05, 4.69) is 19.9 Å². The Bertz CT molecular complexity index is 899. The summed E-state index contributed by atoms with van der Waals surface area (Å²) in [6.45, 7) is 3.27. The number of aromatic amines is 1. The molecule has 2 aromatic heterocycles. The molecule has 11 heteroatoms. The van der Waals surface area contributed by atoms with Crippen molar-refractivity contribution in [1.29, 1.82) is 0 Å². The van der Waals surface area contributed by atoms with E-state index in [4.69, 9.17) is 4.74 Å². The summed E-state index contributed by atoms with van der Waals surface area (Å²) in [5, 5.41) is 6.58. The molecule has 0 spiro atoms. The van der Waals surface area contributed by atoms with Gasteiger partial charge < -0.3 is 4.74 Å². The first-order valence-electron chi connectivity index (χ1n) is 8.80. The lowest BCUT2D eigenvalue weighted by molar-refractivity contribution is -0.137. The van der Waals surface area contributed by atoms with Gasteiger partial charge in [-0.1, -0.05) is 0 Å². The molecule has 0 radical (unpaired) electrons. The van der Waals surface area contributed by atoms with Crippen LogP contribution in [0.2, 0.25) is 0 Å². The Labute approximate surface area is 160 Å². The molecule has 28 heavy (non-hydrogen) atoms. The Morgan fingerprint density at radius 1 is 1.18 bits per heavy atom. The molecule has 1 fully saturated rings. The fraction of sp³-hybridized carbons (Fsp3) is 0.529. The second kappa shape index (κ2) is 7.70. The summed E-state index contributed by atoms with van der Waals surface area (Å²) in [7, 11) is -3.68. The van der Waals surface area contributed by atoms with E-state index in [-0.39, 0.29) is 22.9 Å². The highest BCUT2D eigenvalue weighted by atomic mass is 32.2. The summed E-state index contributed by atoms with van der Waals surface area (Å²) in [4.78, 5) is 3.87. The molecule has 2 heterocycles. The van der Waals surface area contributed by atoms with Gasteiger partial charge in [0.2, 0.25) is 15.9 Å². The van der Waals surface area contributed by atoms with Gasteiger partial charge in [0.05, 0.1) is 17.0 Å². The molecule has 0 amide bonds. The van der Waals surface area contributed by atoms with Crippen molar-refractivity contribution in [2.45, 2.75) is 62.7 Å². The maximum absolute atomic E-state index is 12.6. The quantitative estimate of drug-likeness (QED) is 0.778. The maximum Gasteiger partial charge on any atom is 0.417 e. The van der Waals surface area contributed by atoms with E-state index in [0.717, 1.165) is 12.3 Å². The van der Waals surface area contributed by atoms with Gasteiger partial charge in [-0.15, -0.1) is 0 Å². The first kappa shape index (κ1) is 20.6. The Balaban J connectivity index is 1.55. The number of aromatic nitrogens is 3. The number of sulfonamides is 1. The predicted octanol–water partition coefficient (Wildman–Crippen LogP) is 3.11. The number of halogens is 3. The zero-order valence-corrected chi connectivity index (χ0v) is 16.2. The highest BCUT2D eigenvalue weighted by molar-refractivity contribution is 7.89. The molecule has 0 saturated heterocycles. The van der Waals surface area contributed by atoms with E-state index in [1.54, 1.807) is 13.8 Å². The van der Waals surface area contributed by atoms with Gasteiger partial charge >= 0.3 is 6.18 Å². The van der Waals surface area contributed by atoms with Crippen LogP contribution in [0.4, 0.5) is 13.2 Å². The Morgan fingerprint density at radius 2 is 1.86 bits per heavy atom. The normalized spacial score (nSPS) is 20.9. The molecule has 0 bridgehead atoms. The number of rotatable bonds is 5. The minimum Gasteiger partial charge on any atom is -0.474 e. The molecule has 1 saturated carbocycles. The summed E-state index contributed by atoms with van der Waals surface area (Å²) in [5.74, 6) is 0.127. The molecule has 7 nitrogen and oxygen atoms in total. The number of aryl methyl sites for hydroxylation is 2. The number of nitrogens with zero attached hydrogens (tertiary/aromatic N) is 2. The average Bonchev–Trinajstić information content (AvgIpc) is 2.95. The van der Waals surface area contributed by atoms with Crippen LogP contribution >= 0.6 is 0 Å². The van der Waals surface area contributed by atoms with Crippen LogP contribution in [0.3, 0.4) is 0 Å². The first-order chi connectivity index (χ1) is 13.1. The van der Waals surface area contributed by atoms with E-state index in [0.29, 0.717) is 37.1 Å². The summed E-state index contributed by atoms with van der Waals surface area (Å²) >= 11 is 0. The van der Waals surface area contributed by atoms with Crippen molar-refractivity contribution in [3.05, 3.63) is 35.3 Å². The molecule has 1 aliphatic carbocycles. The zero-order valence-electron chi connectivity index (χ0n) is 15.4. The van der Waals surface area contributed by atoms with Gasteiger partial charge in [-0.05, 0) is 45.6 Å². The van der Waals surface area contributed by atoms with Gasteiger partial charge in [-0.25, -0.2) is 18.1 Å². The Morgan fingerprint density at radius 3 is 2.36 bits per heavy atom. The predicted molar refractivity (Wildman–Crippen MR) is 94.3 cm³/mol. The minimum atomic E-state index is -4.44. The number of pyridine rings is 1. The summed E-state index contributed by atoms with van der Waals surface area (Å²) in [5.41, 5.74) is 0.0635. The molecular weight excluding hydrogens is 397 g/mol. The van der Waals surface area contributed by atoms with E-state index in [1.165, 1.54) is 6.07 Å². The van der Waals surface area contributed by atoms with Crippen molar-refractivity contribution in [1.82, 2.24) is 19.9 Å². The number of H-pyrrole nitrogens is 1. The van der Waals surface area contributed by atoms with Gasteiger partial charge in [0, 0.05) is 18.3 Å². The number of hydrogen-bond donors (Lipinski definition) is 2. The van der Waals surface area contributed by atoms with Gasteiger partial charge in [0.1, 0.15) is 11.0 Å². The van der Waals surface area contributed by atoms with E-state index >= 15 is 0 Å². The fourth-order valence-corrected chi connectivity index (χ4v) is 4.98. The number of ether oxygens (including phenoxy) is 1. The van der Waals surface area contributed by atoms with E-state index in [9.17, 15) is 21.6 Å². The number of alkyl halides is 3. The molecule has 2 N–H and O–H groups in total. The lowest BCUT2D eigenvalue weighted by Gasteiger charge is -2.29. The smallest absolute Gasteiger partial charge is 0.417 e. The van der Waals surface area contributed by atoms with Crippen LogP contribution in [-0.2, 0) is 16.2 Å². The van der Waals surface area contributed by atoms with Gasteiger partial charge in [-0.2, -0.15) is 18.3 Å². The average molecular weight is 418 g/mol. The monoisotopic (exact) mass is 418 g/mol. The molecule has 0 aromatic carbocycles. The largest absolute Gasteiger partial charge is 0.474 e. The van der Waals surface area contributed by atoms with Crippen molar-refractivity contribution in [3.63, 3.8) is 0 Å². The Kier molecular flexibility index (Phi) is 5.67. The lowest BCUT2D eigenvalue weighted by atomic mass is 9.94. The lowest BCUT2D eigenvalue weighted by Crippen LogP contribution is -2.40. The summed E-state index contributed by atoms with van der Waals surface area (Å²) in [6, 6.07) is 1.89. The molecule has 154 valence electrons. The molecule has 3 rings (SSSR count). The maximum atomic E-state index is 12.6. The second-order valence-corrected chi connectivity index (χ2v) is 8.51. The molecule has 0 unspecified atom stereocenters. The molecule has 2 aromatic rings. The third kappa shape index (κ3) is 4.64. The second-order valence-electron chi connectivity index (χ2n) is 6.86. The zero-order chi connectivity index (χ0) is 20.5.